The van der Waals surface area contributed by atoms with Gasteiger partial charge in [0.25, 0.3) is 0 Å². The van der Waals surface area contributed by atoms with Gasteiger partial charge in [0.15, 0.2) is 5.82 Å². The Morgan fingerprint density at radius 3 is 2.06 bits per heavy atom. The zero-order valence-electron chi connectivity index (χ0n) is 10.8. The van der Waals surface area contributed by atoms with Crippen molar-refractivity contribution in [2.24, 2.45) is 5.73 Å². The van der Waals surface area contributed by atoms with E-state index in [4.69, 9.17) is 10.5 Å². The van der Waals surface area contributed by atoms with Gasteiger partial charge in [0, 0.05) is 30.1 Å². The number of nitrogens with zero attached hydrogens (tertiary/aromatic N) is 2. The Hall–Kier alpha value is -1.00. The number of ether oxygens (including phenoxy) is 1. The summed E-state index contributed by atoms with van der Waals surface area (Å²) in [4.78, 5) is 8.96. The maximum atomic E-state index is 5.66. The van der Waals surface area contributed by atoms with Gasteiger partial charge in [-0.3, -0.25) is 0 Å². The van der Waals surface area contributed by atoms with Crippen LogP contribution in [0.15, 0.2) is 0 Å². The summed E-state index contributed by atoms with van der Waals surface area (Å²) in [6.45, 7) is 11.0. The van der Waals surface area contributed by atoms with Crippen molar-refractivity contribution in [3.8, 4) is 0 Å². The van der Waals surface area contributed by atoms with Crippen LogP contribution in [0.3, 0.4) is 0 Å². The van der Waals surface area contributed by atoms with Crippen LogP contribution in [-0.2, 0) is 16.9 Å². The minimum atomic E-state index is -0.447. The van der Waals surface area contributed by atoms with Crippen LogP contribution in [0.2, 0.25) is 0 Å². The van der Waals surface area contributed by atoms with Crippen molar-refractivity contribution in [1.82, 2.24) is 9.97 Å². The Morgan fingerprint density at radius 2 is 1.69 bits per heavy atom. The Morgan fingerprint density at radius 1 is 1.19 bits per heavy atom. The number of hydrogen-bond acceptors (Lipinski definition) is 4. The van der Waals surface area contributed by atoms with Crippen molar-refractivity contribution in [3.63, 3.8) is 0 Å². The first-order valence-electron chi connectivity index (χ1n) is 5.61. The van der Waals surface area contributed by atoms with Gasteiger partial charge in [0.05, 0.1) is 0 Å². The van der Waals surface area contributed by atoms with Crippen molar-refractivity contribution in [3.05, 3.63) is 22.8 Å². The second kappa shape index (κ2) is 4.89. The summed E-state index contributed by atoms with van der Waals surface area (Å²) in [7, 11) is 0. The van der Waals surface area contributed by atoms with Gasteiger partial charge in [0.2, 0.25) is 0 Å². The van der Waals surface area contributed by atoms with Crippen LogP contribution in [0.4, 0.5) is 0 Å². The molecule has 0 aromatic carbocycles. The molecule has 4 nitrogen and oxygen atoms in total. The molecule has 0 unspecified atom stereocenters. The van der Waals surface area contributed by atoms with Gasteiger partial charge in [-0.15, -0.1) is 0 Å². The van der Waals surface area contributed by atoms with E-state index in [0.717, 1.165) is 22.8 Å². The lowest BCUT2D eigenvalue weighted by molar-refractivity contribution is -0.0210. The van der Waals surface area contributed by atoms with Crippen LogP contribution in [-0.4, -0.2) is 16.6 Å². The molecule has 0 fully saturated rings. The van der Waals surface area contributed by atoms with Gasteiger partial charge in [-0.25, -0.2) is 9.97 Å². The first-order valence-corrected chi connectivity index (χ1v) is 5.61. The maximum Gasteiger partial charge on any atom is 0.160 e. The summed E-state index contributed by atoms with van der Waals surface area (Å²) in [6.07, 6.45) is 0. The molecule has 0 saturated heterocycles. The molecule has 0 aliphatic rings. The van der Waals surface area contributed by atoms with E-state index in [1.54, 1.807) is 0 Å². The lowest BCUT2D eigenvalue weighted by atomic mass is 10.1. The molecule has 1 aromatic heterocycles. The average molecular weight is 223 g/mol. The number of hydrogen-bond donors (Lipinski definition) is 1. The smallest absolute Gasteiger partial charge is 0.160 e. The van der Waals surface area contributed by atoms with Crippen LogP contribution in [0.25, 0.3) is 0 Å². The molecule has 0 radical (unpaired) electrons. The predicted molar refractivity (Wildman–Crippen MR) is 64.0 cm³/mol. The Balaban J connectivity index is 3.17. The van der Waals surface area contributed by atoms with E-state index in [0.29, 0.717) is 13.2 Å². The molecule has 4 heteroatoms. The third kappa shape index (κ3) is 2.57. The lowest BCUT2D eigenvalue weighted by Crippen LogP contribution is -2.26. The third-order valence-electron chi connectivity index (χ3n) is 2.67. The van der Waals surface area contributed by atoms with Gasteiger partial charge in [-0.2, -0.15) is 0 Å². The van der Waals surface area contributed by atoms with Crippen LogP contribution in [0, 0.1) is 13.8 Å². The second-order valence-corrected chi connectivity index (χ2v) is 4.34. The van der Waals surface area contributed by atoms with Crippen LogP contribution in [0.5, 0.6) is 0 Å². The van der Waals surface area contributed by atoms with Gasteiger partial charge in [-0.1, -0.05) is 0 Å². The van der Waals surface area contributed by atoms with E-state index >= 15 is 0 Å². The molecule has 1 rings (SSSR count). The highest BCUT2D eigenvalue weighted by Gasteiger charge is 2.25. The predicted octanol–water partition coefficient (Wildman–Crippen LogP) is 1.82. The maximum absolute atomic E-state index is 5.66. The molecule has 1 heterocycles. The minimum absolute atomic E-state index is 0.447. The molecule has 0 aliphatic heterocycles. The van der Waals surface area contributed by atoms with Gasteiger partial charge in [-0.05, 0) is 34.6 Å². The fraction of sp³-hybridized carbons (Fsp3) is 0.667. The molecule has 90 valence electrons. The van der Waals surface area contributed by atoms with E-state index in [-0.39, 0.29) is 0 Å². The van der Waals surface area contributed by atoms with Crippen molar-refractivity contribution >= 4 is 0 Å². The van der Waals surface area contributed by atoms with E-state index in [1.165, 1.54) is 0 Å². The van der Waals surface area contributed by atoms with E-state index < -0.39 is 5.60 Å². The number of rotatable bonds is 4. The van der Waals surface area contributed by atoms with Gasteiger partial charge >= 0.3 is 0 Å². The third-order valence-corrected chi connectivity index (χ3v) is 2.67. The summed E-state index contributed by atoms with van der Waals surface area (Å²) < 4.78 is 5.64. The van der Waals surface area contributed by atoms with Crippen molar-refractivity contribution in [1.29, 1.82) is 0 Å². The van der Waals surface area contributed by atoms with E-state index in [2.05, 4.69) is 9.97 Å². The topological polar surface area (TPSA) is 61.0 Å². The van der Waals surface area contributed by atoms with E-state index in [9.17, 15) is 0 Å². The van der Waals surface area contributed by atoms with Gasteiger partial charge in [0.1, 0.15) is 5.60 Å². The second-order valence-electron chi connectivity index (χ2n) is 4.34. The highest BCUT2D eigenvalue weighted by atomic mass is 16.5. The zero-order valence-corrected chi connectivity index (χ0v) is 10.8. The monoisotopic (exact) mass is 223 g/mol. The van der Waals surface area contributed by atoms with Crippen LogP contribution >= 0.6 is 0 Å². The molecule has 0 bridgehead atoms. The Kier molecular flexibility index (Phi) is 3.99. The fourth-order valence-electron chi connectivity index (χ4n) is 1.73. The molecular formula is C12H21N3O. The normalized spacial score (nSPS) is 11.9. The Labute approximate surface area is 97.2 Å². The SMILES string of the molecule is CCOC(C)(C)c1nc(C)c(CN)c(C)n1. The summed E-state index contributed by atoms with van der Waals surface area (Å²) in [6, 6.07) is 0. The summed E-state index contributed by atoms with van der Waals surface area (Å²) in [5.41, 5.74) is 8.12. The highest BCUT2D eigenvalue weighted by Crippen LogP contribution is 2.22. The summed E-state index contributed by atoms with van der Waals surface area (Å²) in [5, 5.41) is 0. The van der Waals surface area contributed by atoms with Gasteiger partial charge < -0.3 is 10.5 Å². The molecule has 0 amide bonds. The number of aryl methyl sites for hydroxylation is 2. The molecule has 0 saturated carbocycles. The molecule has 16 heavy (non-hydrogen) atoms. The number of nitrogens with two attached hydrogens (primary N) is 1. The van der Waals surface area contributed by atoms with Crippen LogP contribution in [0.1, 0.15) is 43.5 Å². The largest absolute Gasteiger partial charge is 0.368 e. The standard InChI is InChI=1S/C12H21N3O/c1-6-16-12(4,5)11-14-8(2)10(7-13)9(3)15-11/h6-7,13H2,1-5H3. The molecule has 2 N–H and O–H groups in total. The Bertz CT molecular complexity index is 352. The highest BCUT2D eigenvalue weighted by molar-refractivity contribution is 5.25. The molecule has 0 aliphatic carbocycles. The summed E-state index contributed by atoms with van der Waals surface area (Å²) >= 11 is 0. The fourth-order valence-corrected chi connectivity index (χ4v) is 1.73. The van der Waals surface area contributed by atoms with Crippen molar-refractivity contribution in [2.75, 3.05) is 6.61 Å². The first-order chi connectivity index (χ1) is 7.42. The summed E-state index contributed by atoms with van der Waals surface area (Å²) in [5.74, 6) is 0.724. The first kappa shape index (κ1) is 13.1. The van der Waals surface area contributed by atoms with Crippen molar-refractivity contribution in [2.45, 2.75) is 46.8 Å². The van der Waals surface area contributed by atoms with Crippen LogP contribution < -0.4 is 5.73 Å². The molecule has 1 aromatic rings. The lowest BCUT2D eigenvalue weighted by Gasteiger charge is -2.24. The van der Waals surface area contributed by atoms with Crippen molar-refractivity contribution < 1.29 is 4.74 Å². The number of aromatic nitrogens is 2. The molecule has 0 spiro atoms. The average Bonchev–Trinajstić information content (AvgIpc) is 2.17. The minimum Gasteiger partial charge on any atom is -0.368 e. The molecule has 0 atom stereocenters. The quantitative estimate of drug-likeness (QED) is 0.845. The molecular weight excluding hydrogens is 202 g/mol. The zero-order chi connectivity index (χ0) is 12.3. The van der Waals surface area contributed by atoms with E-state index in [1.807, 2.05) is 34.6 Å².